The van der Waals surface area contributed by atoms with Crippen LogP contribution in [-0.2, 0) is 36.6 Å². The van der Waals surface area contributed by atoms with Crippen LogP contribution < -0.4 is 21.7 Å². The van der Waals surface area contributed by atoms with Gasteiger partial charge in [-0.3, -0.25) is 9.59 Å². The molecule has 298 valence electrons. The molecule has 2 unspecified atom stereocenters. The highest BCUT2D eigenvalue weighted by Crippen LogP contribution is 2.22. The predicted molar refractivity (Wildman–Crippen MR) is 202 cm³/mol. The van der Waals surface area contributed by atoms with Crippen molar-refractivity contribution in [2.24, 2.45) is 0 Å². The van der Waals surface area contributed by atoms with E-state index in [0.29, 0.717) is 38.1 Å². The highest BCUT2D eigenvalue weighted by molar-refractivity contribution is 5.96. The number of carbonyl (C=O) groups is 5. The maximum absolute atomic E-state index is 11.8. The summed E-state index contributed by atoms with van der Waals surface area (Å²) in [7, 11) is 3.76. The zero-order chi connectivity index (χ0) is 40.1. The van der Waals surface area contributed by atoms with Crippen molar-refractivity contribution in [1.82, 2.24) is 30.8 Å². The second kappa shape index (κ2) is 19.6. The topological polar surface area (TPSA) is 204 Å². The Bertz CT molecular complexity index is 1450. The van der Waals surface area contributed by atoms with E-state index in [1.807, 2.05) is 87.5 Å². The lowest BCUT2D eigenvalue weighted by Crippen LogP contribution is -2.42. The van der Waals surface area contributed by atoms with Crippen LogP contribution in [0.3, 0.4) is 0 Å². The van der Waals surface area contributed by atoms with Gasteiger partial charge in [-0.15, -0.1) is 0 Å². The molecule has 3 amide bonds. The first-order valence-electron chi connectivity index (χ1n) is 18.4. The van der Waals surface area contributed by atoms with Crippen LogP contribution in [0.15, 0.2) is 18.0 Å². The van der Waals surface area contributed by atoms with Crippen LogP contribution in [0.25, 0.3) is 0 Å². The first-order valence-corrected chi connectivity index (χ1v) is 18.4. The van der Waals surface area contributed by atoms with Crippen molar-refractivity contribution in [2.45, 2.75) is 161 Å². The van der Waals surface area contributed by atoms with E-state index in [9.17, 15) is 24.0 Å². The molecule has 2 atom stereocenters. The van der Waals surface area contributed by atoms with Gasteiger partial charge in [0, 0.05) is 75.1 Å². The largest absolute Gasteiger partial charge is 0.444 e. The number of nitrogens with two attached hydrogens (primary N) is 1. The molecule has 4 rings (SSSR count). The minimum Gasteiger partial charge on any atom is -0.444 e. The molecule has 1 aromatic heterocycles. The van der Waals surface area contributed by atoms with Gasteiger partial charge in [-0.05, 0) is 113 Å². The lowest BCUT2D eigenvalue weighted by Gasteiger charge is -2.27. The second-order valence-corrected chi connectivity index (χ2v) is 16.9. The molecule has 0 saturated heterocycles. The molecular formula is C38H63N7O8. The molecule has 0 spiro atoms. The van der Waals surface area contributed by atoms with Crippen molar-refractivity contribution in [3.8, 4) is 0 Å². The summed E-state index contributed by atoms with van der Waals surface area (Å²) < 4.78 is 15.6. The van der Waals surface area contributed by atoms with E-state index in [2.05, 4.69) is 25.9 Å². The van der Waals surface area contributed by atoms with Crippen LogP contribution in [0.4, 0.5) is 20.3 Å². The average Bonchev–Trinajstić information content (AvgIpc) is 2.98. The van der Waals surface area contributed by atoms with Crippen molar-refractivity contribution < 1.29 is 38.2 Å². The van der Waals surface area contributed by atoms with E-state index in [1.165, 1.54) is 0 Å². The number of fused-ring (bicyclic) bond motifs is 1. The molecule has 0 aliphatic heterocycles. The number of Topliss-reactive ketones (excluding diaryl/α,β-unsaturated/α-hetero) is 2. The van der Waals surface area contributed by atoms with Crippen LogP contribution in [0.5, 0.6) is 0 Å². The van der Waals surface area contributed by atoms with Gasteiger partial charge in [0.05, 0.1) is 0 Å². The number of nitrogens with one attached hydrogen (secondary N) is 3. The fraction of sp³-hybridized carbons (Fsp3) is 0.711. The van der Waals surface area contributed by atoms with Gasteiger partial charge in [0.15, 0.2) is 5.78 Å². The highest BCUT2D eigenvalue weighted by atomic mass is 16.6. The first-order chi connectivity index (χ1) is 24.4. The number of hydrogen-bond donors (Lipinski definition) is 4. The molecule has 2 saturated carbocycles. The summed E-state index contributed by atoms with van der Waals surface area (Å²) >= 11 is 0. The van der Waals surface area contributed by atoms with Gasteiger partial charge < -0.3 is 40.8 Å². The van der Waals surface area contributed by atoms with Gasteiger partial charge in [0.1, 0.15) is 22.6 Å². The van der Waals surface area contributed by atoms with E-state index in [1.54, 1.807) is 6.20 Å². The Balaban J connectivity index is 0.000000278. The van der Waals surface area contributed by atoms with Crippen molar-refractivity contribution in [3.63, 3.8) is 0 Å². The number of ether oxygens (including phenoxy) is 3. The number of carbonyl (C=O) groups excluding carboxylic acids is 5. The summed E-state index contributed by atoms with van der Waals surface area (Å²) in [6.07, 6.45) is 9.04. The molecule has 15 nitrogen and oxygen atoms in total. The zero-order valence-corrected chi connectivity index (χ0v) is 33.6. The van der Waals surface area contributed by atoms with Crippen LogP contribution in [0.2, 0.25) is 0 Å². The average molecular weight is 746 g/mol. The molecule has 1 heterocycles. The molecule has 2 fully saturated rings. The van der Waals surface area contributed by atoms with E-state index >= 15 is 0 Å². The Labute approximate surface area is 314 Å². The third-order valence-corrected chi connectivity index (χ3v) is 7.83. The summed E-state index contributed by atoms with van der Waals surface area (Å²) in [6, 6.07) is 0.130. The van der Waals surface area contributed by atoms with Gasteiger partial charge in [0.2, 0.25) is 5.95 Å². The van der Waals surface area contributed by atoms with Crippen LogP contribution in [0, 0.1) is 0 Å². The van der Waals surface area contributed by atoms with E-state index in [0.717, 1.165) is 48.9 Å². The number of ketones is 2. The summed E-state index contributed by atoms with van der Waals surface area (Å²) in [5.41, 5.74) is 6.90. The third-order valence-electron chi connectivity index (χ3n) is 7.83. The Morgan fingerprint density at radius 1 is 0.717 bits per heavy atom. The molecule has 3 aliphatic carbocycles. The van der Waals surface area contributed by atoms with Gasteiger partial charge in [0.25, 0.3) is 0 Å². The smallest absolute Gasteiger partial charge is 0.407 e. The minimum atomic E-state index is -0.503. The van der Waals surface area contributed by atoms with Crippen LogP contribution >= 0.6 is 0 Å². The Hall–Kier alpha value is -4.43. The standard InChI is InChI=1S/C14H24N2O3.C13H20N4O2.C11H19NO3/c1-14(2,3)19-13(18)15-11-6-7-12(17)10(8-11)9-16(4)5;1-13(2,3)19-12(18)16-9-4-5-10-8(6-9)7-15-11(14)17-10;1-11(2,3)15-10(14)12-8-4-6-9(13)7-5-8/h9,11H,6-8H2,1-5H3,(H,15,18);7,9H,4-6H2,1-3H3,(H,16,18)(H2,14,15,17);8H,4-7H2,1-3H3,(H,12,14)/b10-9-;;. The second-order valence-electron chi connectivity index (χ2n) is 16.9. The molecule has 15 heteroatoms. The number of amides is 3. The summed E-state index contributed by atoms with van der Waals surface area (Å²) in [6.45, 7) is 16.5. The molecule has 0 radical (unpaired) electrons. The fourth-order valence-electron chi connectivity index (χ4n) is 5.66. The quantitative estimate of drug-likeness (QED) is 0.222. The Morgan fingerprint density at radius 3 is 1.62 bits per heavy atom. The molecule has 0 aromatic carbocycles. The Kier molecular flexibility index (Phi) is 16.5. The lowest BCUT2D eigenvalue weighted by atomic mass is 9.90. The number of hydrogen-bond acceptors (Lipinski definition) is 12. The van der Waals surface area contributed by atoms with E-state index in [4.69, 9.17) is 19.9 Å². The fourth-order valence-corrected chi connectivity index (χ4v) is 5.66. The SMILES string of the molecule is CC(C)(C)OC(=O)NC1CCC(=O)CC1.CC(C)(C)OC(=O)NC1CCc2nc(N)ncc2C1.CN(C)/C=C1/CC(NC(=O)OC(C)(C)C)CCC1=O. The van der Waals surface area contributed by atoms with Gasteiger partial charge in [-0.25, -0.2) is 24.4 Å². The molecule has 5 N–H and O–H groups in total. The third kappa shape index (κ3) is 19.3. The Morgan fingerprint density at radius 2 is 1.15 bits per heavy atom. The zero-order valence-electron chi connectivity index (χ0n) is 33.6. The number of aromatic nitrogens is 2. The summed E-state index contributed by atoms with van der Waals surface area (Å²) in [5.74, 6) is 0.755. The molecular weight excluding hydrogens is 682 g/mol. The number of nitrogens with zero attached hydrogens (tertiary/aromatic N) is 3. The van der Waals surface area contributed by atoms with Crippen LogP contribution in [-0.4, -0.2) is 93.7 Å². The highest BCUT2D eigenvalue weighted by Gasteiger charge is 2.28. The molecule has 53 heavy (non-hydrogen) atoms. The van der Waals surface area contributed by atoms with Gasteiger partial charge in [-0.1, -0.05) is 0 Å². The van der Waals surface area contributed by atoms with E-state index < -0.39 is 22.9 Å². The van der Waals surface area contributed by atoms with Crippen molar-refractivity contribution in [3.05, 3.63) is 29.2 Å². The van der Waals surface area contributed by atoms with Crippen LogP contribution in [0.1, 0.15) is 125 Å². The van der Waals surface area contributed by atoms with E-state index in [-0.39, 0.29) is 41.9 Å². The molecule has 0 bridgehead atoms. The summed E-state index contributed by atoms with van der Waals surface area (Å²) in [5, 5.41) is 8.49. The number of nitrogen functional groups attached to an aromatic ring is 1. The molecule has 3 aliphatic rings. The maximum atomic E-state index is 11.8. The molecule has 1 aromatic rings. The maximum Gasteiger partial charge on any atom is 0.407 e. The number of anilines is 1. The predicted octanol–water partition coefficient (Wildman–Crippen LogP) is 5.54. The van der Waals surface area contributed by atoms with Crippen molar-refractivity contribution >= 4 is 35.8 Å². The number of alkyl carbamates (subject to hydrolysis) is 3. The lowest BCUT2D eigenvalue weighted by molar-refractivity contribution is -0.120. The normalized spacial score (nSPS) is 19.9. The monoisotopic (exact) mass is 745 g/mol. The van der Waals surface area contributed by atoms with Crippen molar-refractivity contribution in [1.29, 1.82) is 0 Å². The van der Waals surface area contributed by atoms with Gasteiger partial charge in [-0.2, -0.15) is 0 Å². The summed E-state index contributed by atoms with van der Waals surface area (Å²) in [4.78, 5) is 67.6. The van der Waals surface area contributed by atoms with Gasteiger partial charge >= 0.3 is 18.3 Å². The number of aryl methyl sites for hydroxylation is 1. The first kappa shape index (κ1) is 44.7. The van der Waals surface area contributed by atoms with Crippen molar-refractivity contribution in [2.75, 3.05) is 19.8 Å². The number of rotatable bonds is 4. The minimum absolute atomic E-state index is 0.0289.